The topological polar surface area (TPSA) is 32.5 Å². The average molecular weight is 265 g/mol. The fraction of sp³-hybridized carbons (Fsp3) is 1.00. The number of piperazine rings is 1. The summed E-state index contributed by atoms with van der Waals surface area (Å²) < 4.78 is 39.2. The Balaban J connectivity index is 1.95. The molecule has 1 heterocycles. The fourth-order valence-corrected chi connectivity index (χ4v) is 2.76. The molecule has 0 bridgehead atoms. The van der Waals surface area contributed by atoms with Gasteiger partial charge >= 0.3 is 6.18 Å². The van der Waals surface area contributed by atoms with Gasteiger partial charge in [-0.25, -0.2) is 0 Å². The van der Waals surface area contributed by atoms with Crippen LogP contribution < -0.4 is 5.73 Å². The summed E-state index contributed by atoms with van der Waals surface area (Å²) >= 11 is 0. The van der Waals surface area contributed by atoms with Crippen molar-refractivity contribution in [2.45, 2.75) is 50.5 Å². The highest BCUT2D eigenvalue weighted by Crippen LogP contribution is 2.31. The Bertz CT molecular complexity index is 270. The number of rotatable bonds is 4. The quantitative estimate of drug-likeness (QED) is 0.834. The molecule has 2 unspecified atom stereocenters. The van der Waals surface area contributed by atoms with Crippen LogP contribution in [0.15, 0.2) is 0 Å². The molecule has 0 spiro atoms. The Morgan fingerprint density at radius 3 is 2.11 bits per heavy atom. The first-order valence-corrected chi connectivity index (χ1v) is 6.74. The van der Waals surface area contributed by atoms with Gasteiger partial charge in [0.15, 0.2) is 0 Å². The molecule has 18 heavy (non-hydrogen) atoms. The van der Waals surface area contributed by atoms with Gasteiger partial charge in [-0.1, -0.05) is 6.92 Å². The van der Waals surface area contributed by atoms with Crippen molar-refractivity contribution in [1.82, 2.24) is 9.80 Å². The Hall–Kier alpha value is -0.330. The highest BCUT2D eigenvalue weighted by Gasteiger charge is 2.47. The number of nitrogens with zero attached hydrogens (tertiary/aromatic N) is 2. The third kappa shape index (κ3) is 3.16. The van der Waals surface area contributed by atoms with Crippen LogP contribution in [0.3, 0.4) is 0 Å². The number of halogens is 3. The second-order valence-electron chi connectivity index (χ2n) is 5.36. The number of hydrogen-bond donors (Lipinski definition) is 1. The van der Waals surface area contributed by atoms with E-state index >= 15 is 0 Å². The predicted molar refractivity (Wildman–Crippen MR) is 64.3 cm³/mol. The molecule has 6 heteroatoms. The van der Waals surface area contributed by atoms with Crippen LogP contribution in [-0.2, 0) is 0 Å². The molecule has 2 rings (SSSR count). The summed E-state index contributed by atoms with van der Waals surface area (Å²) in [4.78, 5) is 3.83. The molecular weight excluding hydrogens is 243 g/mol. The fourth-order valence-electron chi connectivity index (χ4n) is 2.76. The summed E-state index contributed by atoms with van der Waals surface area (Å²) in [5, 5.41) is 0. The molecule has 2 atom stereocenters. The molecule has 1 saturated heterocycles. The molecule has 3 nitrogen and oxygen atoms in total. The third-order valence-electron chi connectivity index (χ3n) is 4.02. The zero-order valence-corrected chi connectivity index (χ0v) is 10.8. The van der Waals surface area contributed by atoms with E-state index in [1.165, 1.54) is 17.7 Å². The number of hydrogen-bond acceptors (Lipinski definition) is 3. The zero-order chi connectivity index (χ0) is 13.3. The van der Waals surface area contributed by atoms with E-state index in [0.717, 1.165) is 13.1 Å². The minimum Gasteiger partial charge on any atom is -0.326 e. The van der Waals surface area contributed by atoms with Crippen molar-refractivity contribution in [3.05, 3.63) is 0 Å². The molecule has 2 fully saturated rings. The summed E-state index contributed by atoms with van der Waals surface area (Å²) in [6, 6.07) is -1.67. The molecule has 1 saturated carbocycles. The standard InChI is InChI=1S/C12H22F3N3/c1-2-10(16)11(12(13,14)15)18-7-5-17(6-8-18)9-3-4-9/h9-11H,2-8,16H2,1H3. The predicted octanol–water partition coefficient (Wildman–Crippen LogP) is 1.43. The van der Waals surface area contributed by atoms with Crippen molar-refractivity contribution in [1.29, 1.82) is 0 Å². The minimum atomic E-state index is -4.23. The minimum absolute atomic E-state index is 0.354. The summed E-state index contributed by atoms with van der Waals surface area (Å²) in [7, 11) is 0. The van der Waals surface area contributed by atoms with Crippen LogP contribution in [0.25, 0.3) is 0 Å². The lowest BCUT2D eigenvalue weighted by molar-refractivity contribution is -0.193. The molecule has 1 aliphatic heterocycles. The Kier molecular flexibility index (Phi) is 4.18. The van der Waals surface area contributed by atoms with E-state index in [9.17, 15) is 13.2 Å². The first kappa shape index (κ1) is 14.1. The van der Waals surface area contributed by atoms with Crippen LogP contribution in [0.2, 0.25) is 0 Å². The van der Waals surface area contributed by atoms with Crippen molar-refractivity contribution in [2.75, 3.05) is 26.2 Å². The Morgan fingerprint density at radius 2 is 1.72 bits per heavy atom. The molecule has 0 aromatic heterocycles. The van der Waals surface area contributed by atoms with E-state index in [1.807, 2.05) is 0 Å². The van der Waals surface area contributed by atoms with Crippen molar-refractivity contribution >= 4 is 0 Å². The normalized spacial score (nSPS) is 27.2. The third-order valence-corrected chi connectivity index (χ3v) is 4.02. The lowest BCUT2D eigenvalue weighted by atomic mass is 10.0. The Morgan fingerprint density at radius 1 is 1.17 bits per heavy atom. The maximum Gasteiger partial charge on any atom is 0.405 e. The second kappa shape index (κ2) is 5.35. The van der Waals surface area contributed by atoms with E-state index in [1.54, 1.807) is 6.92 Å². The lowest BCUT2D eigenvalue weighted by Crippen LogP contribution is -2.61. The summed E-state index contributed by atoms with van der Waals surface area (Å²) in [6.07, 6.45) is -1.46. The average Bonchev–Trinajstić information content (AvgIpc) is 3.12. The van der Waals surface area contributed by atoms with Crippen molar-refractivity contribution < 1.29 is 13.2 Å². The second-order valence-corrected chi connectivity index (χ2v) is 5.36. The van der Waals surface area contributed by atoms with Gasteiger partial charge in [0, 0.05) is 38.3 Å². The largest absolute Gasteiger partial charge is 0.405 e. The molecule has 0 aromatic rings. The van der Waals surface area contributed by atoms with E-state index < -0.39 is 18.3 Å². The van der Waals surface area contributed by atoms with Crippen molar-refractivity contribution in [3.63, 3.8) is 0 Å². The molecule has 0 radical (unpaired) electrons. The maximum atomic E-state index is 13.1. The van der Waals surface area contributed by atoms with E-state index in [0.29, 0.717) is 25.6 Å². The molecular formula is C12H22F3N3. The van der Waals surface area contributed by atoms with E-state index in [-0.39, 0.29) is 0 Å². The molecule has 0 amide bonds. The van der Waals surface area contributed by atoms with Gasteiger partial charge in [-0.3, -0.25) is 9.80 Å². The van der Waals surface area contributed by atoms with Gasteiger partial charge in [-0.15, -0.1) is 0 Å². The summed E-state index contributed by atoms with van der Waals surface area (Å²) in [6.45, 7) is 4.16. The van der Waals surface area contributed by atoms with Crippen LogP contribution in [0.1, 0.15) is 26.2 Å². The molecule has 106 valence electrons. The van der Waals surface area contributed by atoms with Crippen LogP contribution in [0, 0.1) is 0 Å². The monoisotopic (exact) mass is 265 g/mol. The molecule has 0 aromatic carbocycles. The maximum absolute atomic E-state index is 13.1. The number of alkyl halides is 3. The van der Waals surface area contributed by atoms with Crippen LogP contribution >= 0.6 is 0 Å². The van der Waals surface area contributed by atoms with Gasteiger partial charge in [0.05, 0.1) is 0 Å². The lowest BCUT2D eigenvalue weighted by Gasteiger charge is -2.42. The summed E-state index contributed by atoms with van der Waals surface area (Å²) in [5.41, 5.74) is 5.67. The van der Waals surface area contributed by atoms with E-state index in [2.05, 4.69) is 4.90 Å². The van der Waals surface area contributed by atoms with Gasteiger partial charge in [0.1, 0.15) is 6.04 Å². The van der Waals surface area contributed by atoms with Gasteiger partial charge in [-0.05, 0) is 19.3 Å². The SMILES string of the molecule is CCC(N)C(N1CCN(C2CC2)CC1)C(F)(F)F. The van der Waals surface area contributed by atoms with Crippen LogP contribution in [0.5, 0.6) is 0 Å². The van der Waals surface area contributed by atoms with Gasteiger partial charge in [0.25, 0.3) is 0 Å². The van der Waals surface area contributed by atoms with Crippen molar-refractivity contribution in [3.8, 4) is 0 Å². The smallest absolute Gasteiger partial charge is 0.326 e. The van der Waals surface area contributed by atoms with Crippen molar-refractivity contribution in [2.24, 2.45) is 5.73 Å². The van der Waals surface area contributed by atoms with Crippen LogP contribution in [0.4, 0.5) is 13.2 Å². The molecule has 2 N–H and O–H groups in total. The summed E-state index contributed by atoms with van der Waals surface area (Å²) in [5.74, 6) is 0. The van der Waals surface area contributed by atoms with Gasteiger partial charge in [0.2, 0.25) is 0 Å². The van der Waals surface area contributed by atoms with Gasteiger partial charge in [-0.2, -0.15) is 13.2 Å². The first-order valence-electron chi connectivity index (χ1n) is 6.74. The van der Waals surface area contributed by atoms with E-state index in [4.69, 9.17) is 5.73 Å². The highest BCUT2D eigenvalue weighted by atomic mass is 19.4. The molecule has 2 aliphatic rings. The Labute approximate surface area is 106 Å². The van der Waals surface area contributed by atoms with Gasteiger partial charge < -0.3 is 5.73 Å². The number of nitrogens with two attached hydrogens (primary N) is 1. The first-order chi connectivity index (χ1) is 8.43. The highest BCUT2D eigenvalue weighted by molar-refractivity contribution is 4.93. The zero-order valence-electron chi connectivity index (χ0n) is 10.8. The van der Waals surface area contributed by atoms with Crippen LogP contribution in [-0.4, -0.2) is 60.3 Å². The molecule has 1 aliphatic carbocycles.